The van der Waals surface area contributed by atoms with Crippen molar-refractivity contribution in [1.82, 2.24) is 15.2 Å². The summed E-state index contributed by atoms with van der Waals surface area (Å²) in [7, 11) is 0. The zero-order valence-corrected chi connectivity index (χ0v) is 6.99. The molecule has 0 saturated carbocycles. The van der Waals surface area contributed by atoms with Gasteiger partial charge in [-0.25, -0.2) is 4.98 Å². The molecule has 0 aliphatic carbocycles. The predicted molar refractivity (Wildman–Crippen MR) is 49.4 cm³/mol. The lowest BCUT2D eigenvalue weighted by molar-refractivity contribution is 1.07. The monoisotopic (exact) mass is 161 g/mol. The third kappa shape index (κ3) is 1.92. The highest BCUT2D eigenvalue weighted by Gasteiger charge is 1.96. The predicted octanol–water partition coefficient (Wildman–Crippen LogP) is 1.95. The van der Waals surface area contributed by atoms with Gasteiger partial charge in [0.2, 0.25) is 0 Å². The van der Waals surface area contributed by atoms with Crippen LogP contribution in [0.2, 0.25) is 0 Å². The van der Waals surface area contributed by atoms with Crippen molar-refractivity contribution in [2.75, 3.05) is 0 Å². The molecule has 1 rings (SSSR count). The lowest BCUT2D eigenvalue weighted by atomic mass is 10.2. The first-order valence-electron chi connectivity index (χ1n) is 3.69. The summed E-state index contributed by atoms with van der Waals surface area (Å²) in [4.78, 5) is 4.00. The van der Waals surface area contributed by atoms with Crippen LogP contribution in [0.5, 0.6) is 0 Å². The van der Waals surface area contributed by atoms with Crippen LogP contribution < -0.4 is 0 Å². The SMILES string of the molecule is C=C/C(=C\C=C/C)c1ncn[nH]1. The topological polar surface area (TPSA) is 41.6 Å². The van der Waals surface area contributed by atoms with Gasteiger partial charge in [-0.15, -0.1) is 0 Å². The molecule has 0 fully saturated rings. The molecule has 1 aromatic heterocycles. The summed E-state index contributed by atoms with van der Waals surface area (Å²) in [6.07, 6.45) is 9.01. The molecule has 0 radical (unpaired) electrons. The summed E-state index contributed by atoms with van der Waals surface area (Å²) in [5.74, 6) is 0.739. The third-order valence-corrected chi connectivity index (χ3v) is 1.38. The molecule has 0 bridgehead atoms. The molecule has 0 amide bonds. The quantitative estimate of drug-likeness (QED) is 0.688. The van der Waals surface area contributed by atoms with E-state index in [0.717, 1.165) is 11.4 Å². The zero-order valence-electron chi connectivity index (χ0n) is 6.99. The van der Waals surface area contributed by atoms with Crippen LogP contribution in [0.25, 0.3) is 5.57 Å². The highest BCUT2D eigenvalue weighted by Crippen LogP contribution is 2.08. The van der Waals surface area contributed by atoms with Crippen molar-refractivity contribution in [2.24, 2.45) is 0 Å². The number of nitrogens with one attached hydrogen (secondary N) is 1. The number of aromatic nitrogens is 3. The second-order valence-electron chi connectivity index (χ2n) is 2.19. The summed E-state index contributed by atoms with van der Waals surface area (Å²) in [6, 6.07) is 0. The van der Waals surface area contributed by atoms with Gasteiger partial charge in [0, 0.05) is 5.57 Å². The van der Waals surface area contributed by atoms with Crippen LogP contribution in [0.1, 0.15) is 12.7 Å². The average Bonchev–Trinajstić information content (AvgIpc) is 2.59. The zero-order chi connectivity index (χ0) is 8.81. The van der Waals surface area contributed by atoms with Gasteiger partial charge in [0.25, 0.3) is 0 Å². The van der Waals surface area contributed by atoms with Crippen molar-refractivity contribution in [3.8, 4) is 0 Å². The molecule has 1 aromatic rings. The molecule has 3 nitrogen and oxygen atoms in total. The van der Waals surface area contributed by atoms with Crippen LogP contribution in [0, 0.1) is 0 Å². The summed E-state index contributed by atoms with van der Waals surface area (Å²) in [5.41, 5.74) is 0.936. The van der Waals surface area contributed by atoms with E-state index in [9.17, 15) is 0 Å². The maximum Gasteiger partial charge on any atom is 0.155 e. The minimum Gasteiger partial charge on any atom is -0.259 e. The van der Waals surface area contributed by atoms with E-state index in [0.29, 0.717) is 0 Å². The maximum absolute atomic E-state index is 4.00. The van der Waals surface area contributed by atoms with Crippen molar-refractivity contribution < 1.29 is 0 Å². The molecule has 12 heavy (non-hydrogen) atoms. The molecule has 0 saturated heterocycles. The Morgan fingerprint density at radius 3 is 3.00 bits per heavy atom. The first-order chi connectivity index (χ1) is 5.88. The first kappa shape index (κ1) is 8.46. The van der Waals surface area contributed by atoms with Crippen LogP contribution in [-0.2, 0) is 0 Å². The van der Waals surface area contributed by atoms with Gasteiger partial charge in [0.15, 0.2) is 5.82 Å². The van der Waals surface area contributed by atoms with E-state index < -0.39 is 0 Å². The fraction of sp³-hybridized carbons (Fsp3) is 0.111. The molecule has 3 heteroatoms. The van der Waals surface area contributed by atoms with E-state index in [-0.39, 0.29) is 0 Å². The number of rotatable bonds is 3. The van der Waals surface area contributed by atoms with Crippen molar-refractivity contribution in [3.63, 3.8) is 0 Å². The van der Waals surface area contributed by atoms with Gasteiger partial charge >= 0.3 is 0 Å². The Morgan fingerprint density at radius 1 is 1.67 bits per heavy atom. The molecule has 62 valence electrons. The van der Waals surface area contributed by atoms with E-state index in [1.165, 1.54) is 6.33 Å². The average molecular weight is 161 g/mol. The van der Waals surface area contributed by atoms with Crippen LogP contribution in [0.15, 0.2) is 37.2 Å². The van der Waals surface area contributed by atoms with Gasteiger partial charge in [0.05, 0.1) is 0 Å². The summed E-state index contributed by atoms with van der Waals surface area (Å²) in [6.45, 7) is 5.64. The van der Waals surface area contributed by atoms with E-state index in [1.54, 1.807) is 6.08 Å². The molecule has 0 spiro atoms. The van der Waals surface area contributed by atoms with Crippen molar-refractivity contribution >= 4 is 5.57 Å². The lowest BCUT2D eigenvalue weighted by Crippen LogP contribution is -1.82. The Morgan fingerprint density at radius 2 is 2.50 bits per heavy atom. The fourth-order valence-electron chi connectivity index (χ4n) is 0.788. The van der Waals surface area contributed by atoms with E-state index in [1.807, 2.05) is 25.2 Å². The highest BCUT2D eigenvalue weighted by molar-refractivity contribution is 5.69. The molecule has 1 heterocycles. The second-order valence-corrected chi connectivity index (χ2v) is 2.19. The van der Waals surface area contributed by atoms with Gasteiger partial charge in [-0.3, -0.25) is 5.10 Å². The second kappa shape index (κ2) is 4.28. The van der Waals surface area contributed by atoms with Gasteiger partial charge in [-0.2, -0.15) is 5.10 Å². The van der Waals surface area contributed by atoms with E-state index >= 15 is 0 Å². The van der Waals surface area contributed by atoms with Gasteiger partial charge in [0.1, 0.15) is 6.33 Å². The highest BCUT2D eigenvalue weighted by atomic mass is 15.2. The van der Waals surface area contributed by atoms with E-state index in [4.69, 9.17) is 0 Å². The lowest BCUT2D eigenvalue weighted by Gasteiger charge is -1.91. The molecule has 0 aromatic carbocycles. The Labute approximate surface area is 71.5 Å². The molecule has 1 N–H and O–H groups in total. The number of hydrogen-bond acceptors (Lipinski definition) is 2. The van der Waals surface area contributed by atoms with Crippen molar-refractivity contribution in [3.05, 3.63) is 43.0 Å². The molecule has 0 aliphatic rings. The van der Waals surface area contributed by atoms with Crippen LogP contribution in [0.4, 0.5) is 0 Å². The fourth-order valence-corrected chi connectivity index (χ4v) is 0.788. The first-order valence-corrected chi connectivity index (χ1v) is 3.69. The van der Waals surface area contributed by atoms with Crippen molar-refractivity contribution in [2.45, 2.75) is 6.92 Å². The molecule has 0 aliphatic heterocycles. The third-order valence-electron chi connectivity index (χ3n) is 1.38. The molecule has 0 atom stereocenters. The molecular weight excluding hydrogens is 150 g/mol. The molecule has 0 unspecified atom stereocenters. The Bertz CT molecular complexity index is 294. The molecular formula is C9H11N3. The smallest absolute Gasteiger partial charge is 0.155 e. The Kier molecular flexibility index (Phi) is 3.02. The summed E-state index contributed by atoms with van der Waals surface area (Å²) in [5, 5.41) is 6.51. The van der Waals surface area contributed by atoms with E-state index in [2.05, 4.69) is 21.8 Å². The minimum absolute atomic E-state index is 0.739. The summed E-state index contributed by atoms with van der Waals surface area (Å²) >= 11 is 0. The Hall–Kier alpha value is -1.64. The number of allylic oxidation sites excluding steroid dienone is 5. The largest absolute Gasteiger partial charge is 0.259 e. The number of nitrogens with zero attached hydrogens (tertiary/aromatic N) is 2. The normalized spacial score (nSPS) is 12.2. The van der Waals surface area contributed by atoms with Gasteiger partial charge in [-0.1, -0.05) is 30.9 Å². The standard InChI is InChI=1S/C9H11N3/c1-3-5-6-8(4-2)9-10-7-11-12-9/h3-7H,2H2,1H3,(H,10,11,12)/b5-3-,8-6+. The van der Waals surface area contributed by atoms with Gasteiger partial charge < -0.3 is 0 Å². The van der Waals surface area contributed by atoms with Crippen LogP contribution in [0.3, 0.4) is 0 Å². The summed E-state index contributed by atoms with van der Waals surface area (Å²) < 4.78 is 0. The van der Waals surface area contributed by atoms with Crippen LogP contribution in [-0.4, -0.2) is 15.2 Å². The minimum atomic E-state index is 0.739. The number of aromatic amines is 1. The van der Waals surface area contributed by atoms with Gasteiger partial charge in [-0.05, 0) is 6.92 Å². The Balaban J connectivity index is 2.90. The maximum atomic E-state index is 4.00. The van der Waals surface area contributed by atoms with Crippen LogP contribution >= 0.6 is 0 Å². The number of H-pyrrole nitrogens is 1. The van der Waals surface area contributed by atoms with Crippen molar-refractivity contribution in [1.29, 1.82) is 0 Å². The number of hydrogen-bond donors (Lipinski definition) is 1.